The van der Waals surface area contributed by atoms with Gasteiger partial charge in [0, 0.05) is 11.1 Å². The molecule has 4 nitrogen and oxygen atoms in total. The fourth-order valence-electron chi connectivity index (χ4n) is 4.49. The van der Waals surface area contributed by atoms with Crippen molar-refractivity contribution < 1.29 is 26.3 Å². The molecule has 0 aliphatic carbocycles. The summed E-state index contributed by atoms with van der Waals surface area (Å²) in [7, 11) is 0. The van der Waals surface area contributed by atoms with E-state index >= 15 is 0 Å². The predicted octanol–water partition coefficient (Wildman–Crippen LogP) is 8.42. The van der Waals surface area contributed by atoms with Gasteiger partial charge in [-0.3, -0.25) is 10.2 Å². The first-order valence-corrected chi connectivity index (χ1v) is 13.6. The summed E-state index contributed by atoms with van der Waals surface area (Å²) >= 11 is 1.79. The first-order chi connectivity index (χ1) is 18.4. The van der Waals surface area contributed by atoms with Crippen molar-refractivity contribution in [1.82, 2.24) is 20.4 Å². The SMILES string of the molecule is Cc1ccc(-c2cn[nH]c2C(F)(F)F)cc1CCCSCCCc1cc(-c2cn[nH]c2C(F)(F)F)ccc1C. The minimum Gasteiger partial charge on any atom is -0.273 e. The summed E-state index contributed by atoms with van der Waals surface area (Å²) in [5, 5.41) is 11.3. The molecular formula is C28H28F6N4S. The summed E-state index contributed by atoms with van der Waals surface area (Å²) in [6.07, 6.45) is -3.34. The Morgan fingerprint density at radius 1 is 0.667 bits per heavy atom. The van der Waals surface area contributed by atoms with Crippen LogP contribution in [-0.4, -0.2) is 31.9 Å². The molecule has 0 spiro atoms. The second-order valence-corrected chi connectivity index (χ2v) is 10.6. The summed E-state index contributed by atoms with van der Waals surface area (Å²) in [6.45, 7) is 3.90. The van der Waals surface area contributed by atoms with Gasteiger partial charge in [-0.1, -0.05) is 36.4 Å². The van der Waals surface area contributed by atoms with Gasteiger partial charge in [-0.2, -0.15) is 48.3 Å². The van der Waals surface area contributed by atoms with Gasteiger partial charge in [-0.15, -0.1) is 0 Å². The number of thioether (sulfide) groups is 1. The molecule has 0 aliphatic rings. The molecule has 0 fully saturated rings. The van der Waals surface area contributed by atoms with Crippen molar-refractivity contribution in [1.29, 1.82) is 0 Å². The van der Waals surface area contributed by atoms with Gasteiger partial charge in [0.05, 0.1) is 12.4 Å². The Hall–Kier alpha value is -3.21. The van der Waals surface area contributed by atoms with Crippen molar-refractivity contribution in [3.63, 3.8) is 0 Å². The lowest BCUT2D eigenvalue weighted by molar-refractivity contribution is -0.141. The highest BCUT2D eigenvalue weighted by atomic mass is 32.2. The Morgan fingerprint density at radius 2 is 1.08 bits per heavy atom. The Kier molecular flexibility index (Phi) is 8.78. The van der Waals surface area contributed by atoms with Crippen LogP contribution in [0.2, 0.25) is 0 Å². The van der Waals surface area contributed by atoms with E-state index in [-0.39, 0.29) is 11.1 Å². The number of halogens is 6. The quantitative estimate of drug-likeness (QED) is 0.150. The number of hydrogen-bond acceptors (Lipinski definition) is 3. The van der Waals surface area contributed by atoms with Crippen LogP contribution >= 0.6 is 11.8 Å². The van der Waals surface area contributed by atoms with Gasteiger partial charge in [-0.25, -0.2) is 0 Å². The normalized spacial score (nSPS) is 12.3. The topological polar surface area (TPSA) is 57.4 Å². The lowest BCUT2D eigenvalue weighted by Gasteiger charge is -2.12. The molecule has 2 N–H and O–H groups in total. The van der Waals surface area contributed by atoms with Crippen LogP contribution in [0.3, 0.4) is 0 Å². The smallest absolute Gasteiger partial charge is 0.273 e. The van der Waals surface area contributed by atoms with Gasteiger partial charge < -0.3 is 0 Å². The third-order valence-electron chi connectivity index (χ3n) is 6.64. The van der Waals surface area contributed by atoms with E-state index in [1.54, 1.807) is 36.0 Å². The minimum atomic E-state index is -4.50. The fourth-order valence-corrected chi connectivity index (χ4v) is 5.39. The van der Waals surface area contributed by atoms with E-state index in [0.717, 1.165) is 59.4 Å². The number of nitrogens with zero attached hydrogens (tertiary/aromatic N) is 2. The Morgan fingerprint density at radius 3 is 1.46 bits per heavy atom. The predicted molar refractivity (Wildman–Crippen MR) is 141 cm³/mol. The molecule has 2 heterocycles. The minimum absolute atomic E-state index is 0.0416. The van der Waals surface area contributed by atoms with E-state index in [2.05, 4.69) is 20.4 Å². The van der Waals surface area contributed by atoms with E-state index in [0.29, 0.717) is 11.1 Å². The average molecular weight is 567 g/mol. The largest absolute Gasteiger partial charge is 0.433 e. The van der Waals surface area contributed by atoms with Crippen LogP contribution in [0.1, 0.15) is 46.5 Å². The second kappa shape index (κ2) is 11.9. The molecule has 208 valence electrons. The molecule has 0 unspecified atom stereocenters. The molecule has 39 heavy (non-hydrogen) atoms. The van der Waals surface area contributed by atoms with Crippen molar-refractivity contribution in [2.75, 3.05) is 11.5 Å². The number of alkyl halides is 6. The maximum absolute atomic E-state index is 13.3. The molecular weight excluding hydrogens is 538 g/mol. The highest BCUT2D eigenvalue weighted by Gasteiger charge is 2.36. The van der Waals surface area contributed by atoms with Crippen molar-refractivity contribution in [3.05, 3.63) is 82.4 Å². The van der Waals surface area contributed by atoms with Crippen LogP contribution in [-0.2, 0) is 25.2 Å². The van der Waals surface area contributed by atoms with Gasteiger partial charge in [0.25, 0.3) is 0 Å². The Bertz CT molecular complexity index is 1300. The molecule has 0 amide bonds. The van der Waals surface area contributed by atoms with Crippen LogP contribution in [0, 0.1) is 13.8 Å². The zero-order chi connectivity index (χ0) is 28.2. The number of hydrogen-bond donors (Lipinski definition) is 2. The third kappa shape index (κ3) is 7.06. The summed E-state index contributed by atoms with van der Waals surface area (Å²) in [5.74, 6) is 1.79. The van der Waals surface area contributed by atoms with Crippen LogP contribution in [0.25, 0.3) is 22.3 Å². The standard InChI is InChI=1S/C28H28F6N4S/c1-17-7-9-21(23-15-35-37-25(23)27(29,30)31)13-19(17)5-3-11-39-12-4-6-20-14-22(10-8-18(20)2)24-16-36-38-26(24)28(32,33)34/h7-10,13-16H,3-6,11-12H2,1-2H3,(H,35,37)(H,36,38). The van der Waals surface area contributed by atoms with Crippen LogP contribution in [0.15, 0.2) is 48.8 Å². The molecule has 0 saturated carbocycles. The first kappa shape index (κ1) is 28.8. The number of H-pyrrole nitrogens is 2. The summed E-state index contributed by atoms with van der Waals surface area (Å²) in [6, 6.07) is 10.6. The summed E-state index contributed by atoms with van der Waals surface area (Å²) in [5.41, 5.74) is 3.43. The van der Waals surface area contributed by atoms with Crippen LogP contribution in [0.5, 0.6) is 0 Å². The van der Waals surface area contributed by atoms with Gasteiger partial charge in [0.15, 0.2) is 0 Å². The number of benzene rings is 2. The van der Waals surface area contributed by atoms with E-state index in [1.807, 2.05) is 26.0 Å². The van der Waals surface area contributed by atoms with E-state index in [9.17, 15) is 26.3 Å². The number of nitrogens with one attached hydrogen (secondary N) is 2. The van der Waals surface area contributed by atoms with Crippen molar-refractivity contribution >= 4 is 11.8 Å². The zero-order valence-corrected chi connectivity index (χ0v) is 22.2. The lowest BCUT2D eigenvalue weighted by atomic mass is 9.97. The van der Waals surface area contributed by atoms with Gasteiger partial charge in [0.1, 0.15) is 11.4 Å². The first-order valence-electron chi connectivity index (χ1n) is 12.4. The van der Waals surface area contributed by atoms with Gasteiger partial charge >= 0.3 is 12.4 Å². The molecule has 4 aromatic rings. The Balaban J connectivity index is 1.27. The monoisotopic (exact) mass is 566 g/mol. The van der Waals surface area contributed by atoms with Crippen LogP contribution < -0.4 is 0 Å². The zero-order valence-electron chi connectivity index (χ0n) is 21.4. The average Bonchev–Trinajstić information content (AvgIpc) is 3.56. The number of aryl methyl sites for hydroxylation is 4. The number of aromatic nitrogens is 4. The Labute approximate surface area is 226 Å². The maximum Gasteiger partial charge on any atom is 0.433 e. The van der Waals surface area contributed by atoms with Crippen molar-refractivity contribution in [2.45, 2.75) is 51.9 Å². The fraction of sp³-hybridized carbons (Fsp3) is 0.357. The molecule has 11 heteroatoms. The number of rotatable bonds is 10. The summed E-state index contributed by atoms with van der Waals surface area (Å²) < 4.78 is 79.5. The molecule has 0 atom stereocenters. The third-order valence-corrected chi connectivity index (χ3v) is 7.79. The summed E-state index contributed by atoms with van der Waals surface area (Å²) in [4.78, 5) is 0. The molecule has 0 bridgehead atoms. The van der Waals surface area contributed by atoms with E-state index in [1.165, 1.54) is 12.4 Å². The highest BCUT2D eigenvalue weighted by molar-refractivity contribution is 7.99. The van der Waals surface area contributed by atoms with Crippen molar-refractivity contribution in [2.24, 2.45) is 0 Å². The van der Waals surface area contributed by atoms with Crippen LogP contribution in [0.4, 0.5) is 26.3 Å². The highest BCUT2D eigenvalue weighted by Crippen LogP contribution is 2.37. The van der Waals surface area contributed by atoms with E-state index < -0.39 is 23.7 Å². The maximum atomic E-state index is 13.3. The lowest BCUT2D eigenvalue weighted by Crippen LogP contribution is -2.07. The van der Waals surface area contributed by atoms with Gasteiger partial charge in [0.2, 0.25) is 0 Å². The molecule has 0 saturated heterocycles. The molecule has 2 aromatic heterocycles. The second-order valence-electron chi connectivity index (χ2n) is 9.41. The molecule has 0 aliphatic heterocycles. The molecule has 4 rings (SSSR count). The molecule has 0 radical (unpaired) electrons. The van der Waals surface area contributed by atoms with Gasteiger partial charge in [-0.05, 0) is 84.4 Å². The molecule has 2 aromatic carbocycles. The van der Waals surface area contributed by atoms with Crippen molar-refractivity contribution in [3.8, 4) is 22.3 Å². The van der Waals surface area contributed by atoms with E-state index in [4.69, 9.17) is 0 Å². The number of aromatic amines is 2.